The quantitative estimate of drug-likeness (QED) is 0.892. The number of nitrogens with one attached hydrogen (secondary N) is 1. The summed E-state index contributed by atoms with van der Waals surface area (Å²) in [6.45, 7) is 1.14. The third kappa shape index (κ3) is 4.47. The van der Waals surface area contributed by atoms with Crippen molar-refractivity contribution in [1.29, 1.82) is 0 Å². The summed E-state index contributed by atoms with van der Waals surface area (Å²) in [5.74, 6) is 0.00409. The van der Waals surface area contributed by atoms with Gasteiger partial charge in [0.1, 0.15) is 17.7 Å². The predicted octanol–water partition coefficient (Wildman–Crippen LogP) is 2.86. The molecule has 1 aliphatic rings. The van der Waals surface area contributed by atoms with Crippen LogP contribution in [0.5, 0.6) is 5.75 Å². The number of carbonyl (C=O) groups is 2. The summed E-state index contributed by atoms with van der Waals surface area (Å²) in [5.41, 5.74) is 0.0836. The van der Waals surface area contributed by atoms with Crippen molar-refractivity contribution in [3.05, 3.63) is 54.2 Å². The number of amides is 2. The van der Waals surface area contributed by atoms with Crippen LogP contribution in [0, 0.1) is 0 Å². The molecule has 0 atom stereocenters. The fraction of sp³-hybridized carbons (Fsp3) is 0.278. The smallest absolute Gasteiger partial charge is 0.335 e. The van der Waals surface area contributed by atoms with Gasteiger partial charge in [-0.3, -0.25) is 5.32 Å². The zero-order valence-electron chi connectivity index (χ0n) is 13.6. The molecule has 0 unspecified atom stereocenters. The number of pyridine rings is 1. The van der Waals surface area contributed by atoms with E-state index in [-0.39, 0.29) is 23.5 Å². The summed E-state index contributed by atoms with van der Waals surface area (Å²) in [5, 5.41) is 11.6. The number of likely N-dealkylation sites (tertiary alicyclic amines) is 1. The molecule has 7 nitrogen and oxygen atoms in total. The Kier molecular flexibility index (Phi) is 5.13. The molecule has 1 aliphatic heterocycles. The van der Waals surface area contributed by atoms with E-state index in [0.29, 0.717) is 13.1 Å². The Balaban J connectivity index is 1.51. The lowest BCUT2D eigenvalue weighted by Gasteiger charge is -2.32. The number of nitrogens with zero attached hydrogens (tertiary/aromatic N) is 2. The van der Waals surface area contributed by atoms with Crippen LogP contribution in [0.15, 0.2) is 48.7 Å². The Morgan fingerprint density at radius 3 is 2.56 bits per heavy atom. The van der Waals surface area contributed by atoms with Crippen molar-refractivity contribution in [1.82, 2.24) is 9.88 Å². The average molecular weight is 341 g/mol. The molecule has 0 aliphatic carbocycles. The van der Waals surface area contributed by atoms with Crippen LogP contribution in [0.4, 0.5) is 10.6 Å². The number of carboxylic acids is 1. The lowest BCUT2D eigenvalue weighted by Crippen LogP contribution is -2.43. The molecule has 1 aromatic carbocycles. The molecule has 0 bridgehead atoms. The van der Waals surface area contributed by atoms with Gasteiger partial charge in [0, 0.05) is 32.1 Å². The Morgan fingerprint density at radius 2 is 1.88 bits per heavy atom. The number of carboxylic acid groups (broad SMARTS) is 1. The van der Waals surface area contributed by atoms with E-state index in [2.05, 4.69) is 10.3 Å². The highest BCUT2D eigenvalue weighted by Gasteiger charge is 2.24. The minimum atomic E-state index is -1.06. The predicted molar refractivity (Wildman–Crippen MR) is 91.9 cm³/mol. The molecule has 7 heteroatoms. The molecule has 130 valence electrons. The fourth-order valence-electron chi connectivity index (χ4n) is 2.69. The van der Waals surface area contributed by atoms with Gasteiger partial charge in [-0.05, 0) is 24.3 Å². The lowest BCUT2D eigenvalue weighted by atomic mass is 10.1. The van der Waals surface area contributed by atoms with Crippen molar-refractivity contribution in [2.24, 2.45) is 0 Å². The lowest BCUT2D eigenvalue weighted by molar-refractivity contribution is 0.0696. The normalized spacial score (nSPS) is 14.8. The van der Waals surface area contributed by atoms with Gasteiger partial charge in [-0.15, -0.1) is 0 Å². The number of hydrogen-bond donors (Lipinski definition) is 2. The minimum absolute atomic E-state index is 0.0833. The molecule has 0 radical (unpaired) electrons. The van der Waals surface area contributed by atoms with Gasteiger partial charge in [0.2, 0.25) is 0 Å². The minimum Gasteiger partial charge on any atom is -0.490 e. The number of anilines is 1. The van der Waals surface area contributed by atoms with E-state index < -0.39 is 5.97 Å². The first-order valence-corrected chi connectivity index (χ1v) is 8.09. The first-order chi connectivity index (χ1) is 12.1. The van der Waals surface area contributed by atoms with Crippen molar-refractivity contribution in [2.75, 3.05) is 18.4 Å². The van der Waals surface area contributed by atoms with Gasteiger partial charge in [-0.2, -0.15) is 0 Å². The SMILES string of the molecule is O=C(O)c1ccnc(NC(=O)N2CCC(Oc3ccccc3)CC2)c1. The second-order valence-electron chi connectivity index (χ2n) is 5.78. The molecular formula is C18H19N3O4. The molecule has 2 heterocycles. The van der Waals surface area contributed by atoms with E-state index in [1.54, 1.807) is 4.90 Å². The zero-order chi connectivity index (χ0) is 17.6. The summed E-state index contributed by atoms with van der Waals surface area (Å²) in [6.07, 6.45) is 2.93. The summed E-state index contributed by atoms with van der Waals surface area (Å²) >= 11 is 0. The summed E-state index contributed by atoms with van der Waals surface area (Å²) in [4.78, 5) is 28.9. The van der Waals surface area contributed by atoms with Crippen molar-refractivity contribution in [3.8, 4) is 5.75 Å². The maximum absolute atomic E-state index is 12.3. The molecule has 2 amide bonds. The second kappa shape index (κ2) is 7.65. The molecule has 25 heavy (non-hydrogen) atoms. The van der Waals surface area contributed by atoms with Gasteiger partial charge >= 0.3 is 12.0 Å². The van der Waals surface area contributed by atoms with Gasteiger partial charge in [0.05, 0.1) is 5.56 Å². The van der Waals surface area contributed by atoms with Crippen LogP contribution in [0.25, 0.3) is 0 Å². The topological polar surface area (TPSA) is 91.8 Å². The monoisotopic (exact) mass is 341 g/mol. The molecular weight excluding hydrogens is 322 g/mol. The zero-order valence-corrected chi connectivity index (χ0v) is 13.6. The highest BCUT2D eigenvalue weighted by Crippen LogP contribution is 2.19. The summed E-state index contributed by atoms with van der Waals surface area (Å²) < 4.78 is 5.91. The average Bonchev–Trinajstić information content (AvgIpc) is 2.63. The molecule has 3 rings (SSSR count). The van der Waals surface area contributed by atoms with Crippen molar-refractivity contribution in [2.45, 2.75) is 18.9 Å². The van der Waals surface area contributed by atoms with Gasteiger partial charge in [-0.25, -0.2) is 14.6 Å². The van der Waals surface area contributed by atoms with Gasteiger partial charge in [-0.1, -0.05) is 18.2 Å². The number of piperidine rings is 1. The number of benzene rings is 1. The third-order valence-electron chi connectivity index (χ3n) is 4.02. The van der Waals surface area contributed by atoms with Gasteiger partial charge in [0.25, 0.3) is 0 Å². The largest absolute Gasteiger partial charge is 0.490 e. The van der Waals surface area contributed by atoms with E-state index in [0.717, 1.165) is 18.6 Å². The molecule has 0 spiro atoms. The van der Waals surface area contributed by atoms with Crippen LogP contribution in [0.3, 0.4) is 0 Å². The maximum atomic E-state index is 12.3. The third-order valence-corrected chi connectivity index (χ3v) is 4.02. The number of carbonyl (C=O) groups excluding carboxylic acids is 1. The molecule has 1 saturated heterocycles. The Bertz CT molecular complexity index is 743. The molecule has 0 saturated carbocycles. The Hall–Kier alpha value is -3.09. The van der Waals surface area contributed by atoms with E-state index in [1.807, 2.05) is 30.3 Å². The molecule has 1 fully saturated rings. The summed E-state index contributed by atoms with van der Waals surface area (Å²) in [6, 6.07) is 12.1. The van der Waals surface area contributed by atoms with Crippen LogP contribution in [0.1, 0.15) is 23.2 Å². The standard InChI is InChI=1S/C18H19N3O4/c22-17(23)13-6-9-19-16(12-13)20-18(24)21-10-7-15(8-11-21)25-14-4-2-1-3-5-14/h1-6,9,12,15H,7-8,10-11H2,(H,22,23)(H,19,20,24). The van der Waals surface area contributed by atoms with Crippen LogP contribution in [-0.4, -0.2) is 46.2 Å². The number of ether oxygens (including phenoxy) is 1. The van der Waals surface area contributed by atoms with Gasteiger partial charge < -0.3 is 14.7 Å². The van der Waals surface area contributed by atoms with Gasteiger partial charge in [0.15, 0.2) is 0 Å². The maximum Gasteiger partial charge on any atom is 0.335 e. The first-order valence-electron chi connectivity index (χ1n) is 8.09. The number of urea groups is 1. The number of hydrogen-bond acceptors (Lipinski definition) is 4. The van der Waals surface area contributed by atoms with Crippen LogP contribution >= 0.6 is 0 Å². The van der Waals surface area contributed by atoms with E-state index in [1.165, 1.54) is 18.3 Å². The first kappa shape index (κ1) is 16.8. The van der Waals surface area contributed by atoms with E-state index in [4.69, 9.17) is 9.84 Å². The van der Waals surface area contributed by atoms with Crippen LogP contribution in [-0.2, 0) is 0 Å². The van der Waals surface area contributed by atoms with E-state index >= 15 is 0 Å². The Labute approximate surface area is 145 Å². The number of aromatic nitrogens is 1. The summed E-state index contributed by atoms with van der Waals surface area (Å²) in [7, 11) is 0. The van der Waals surface area contributed by atoms with Crippen molar-refractivity contribution < 1.29 is 19.4 Å². The highest BCUT2D eigenvalue weighted by atomic mass is 16.5. The van der Waals surface area contributed by atoms with Crippen LogP contribution in [0.2, 0.25) is 0 Å². The Morgan fingerprint density at radius 1 is 1.16 bits per heavy atom. The fourth-order valence-corrected chi connectivity index (χ4v) is 2.69. The number of para-hydroxylation sites is 1. The number of rotatable bonds is 4. The molecule has 2 aromatic rings. The van der Waals surface area contributed by atoms with E-state index in [9.17, 15) is 9.59 Å². The van der Waals surface area contributed by atoms with Crippen LogP contribution < -0.4 is 10.1 Å². The van der Waals surface area contributed by atoms with Crippen molar-refractivity contribution in [3.63, 3.8) is 0 Å². The number of aromatic carboxylic acids is 1. The molecule has 1 aromatic heterocycles. The highest BCUT2D eigenvalue weighted by molar-refractivity contribution is 5.92. The molecule has 2 N–H and O–H groups in total. The second-order valence-corrected chi connectivity index (χ2v) is 5.78. The van der Waals surface area contributed by atoms with Crippen molar-refractivity contribution >= 4 is 17.8 Å².